The lowest BCUT2D eigenvalue weighted by Gasteiger charge is -2.38. The highest BCUT2D eigenvalue weighted by molar-refractivity contribution is 5.81. The van der Waals surface area contributed by atoms with Gasteiger partial charge in [-0.2, -0.15) is 5.10 Å². The zero-order chi connectivity index (χ0) is 25.3. The molecule has 3 heterocycles. The maximum atomic E-state index is 13.2. The van der Waals surface area contributed by atoms with E-state index in [4.69, 9.17) is 4.74 Å². The first-order chi connectivity index (χ1) is 17.3. The molecule has 1 aromatic carbocycles. The van der Waals surface area contributed by atoms with E-state index in [0.717, 1.165) is 24.2 Å². The molecule has 2 N–H and O–H groups in total. The van der Waals surface area contributed by atoms with E-state index in [2.05, 4.69) is 15.4 Å². The topological polar surface area (TPSA) is 115 Å². The highest BCUT2D eigenvalue weighted by Gasteiger charge is 2.39. The van der Waals surface area contributed by atoms with Gasteiger partial charge in [-0.15, -0.1) is 0 Å². The molecule has 10 heteroatoms. The highest BCUT2D eigenvalue weighted by Crippen LogP contribution is 2.33. The Labute approximate surface area is 209 Å². The smallest absolute Gasteiger partial charge is 0.264 e. The number of hydrogen-bond acceptors (Lipinski definition) is 7. The Balaban J connectivity index is 1.26. The average Bonchev–Trinajstić information content (AvgIpc) is 3.63. The second-order valence-electron chi connectivity index (χ2n) is 10.2. The third-order valence-electron chi connectivity index (χ3n) is 6.95. The van der Waals surface area contributed by atoms with Crippen molar-refractivity contribution < 1.29 is 14.6 Å². The number of rotatable bonds is 9. The summed E-state index contributed by atoms with van der Waals surface area (Å²) >= 11 is 0. The van der Waals surface area contributed by atoms with Crippen LogP contribution in [0, 0.1) is 5.92 Å². The van der Waals surface area contributed by atoms with Crippen LogP contribution in [-0.2, 0) is 16.1 Å². The molecular formula is C26H34N6O4. The number of benzene rings is 1. The average molecular weight is 495 g/mol. The zero-order valence-electron chi connectivity index (χ0n) is 20.9. The summed E-state index contributed by atoms with van der Waals surface area (Å²) in [6.07, 6.45) is 6.05. The van der Waals surface area contributed by atoms with Crippen LogP contribution in [-0.4, -0.2) is 73.2 Å². The highest BCUT2D eigenvalue weighted by atomic mass is 16.5. The van der Waals surface area contributed by atoms with Gasteiger partial charge in [0.2, 0.25) is 5.91 Å². The van der Waals surface area contributed by atoms with Crippen LogP contribution < -0.4 is 10.9 Å². The van der Waals surface area contributed by atoms with Crippen molar-refractivity contribution in [3.8, 4) is 5.69 Å². The number of amides is 1. The third kappa shape index (κ3) is 5.29. The van der Waals surface area contributed by atoms with Crippen LogP contribution in [0.3, 0.4) is 0 Å². The second kappa shape index (κ2) is 10.0. The SMILES string of the molecule is CC(C)OCCNc1ccc(-n2ncc3c(=O)n(CC4(O)CCN(C(=O)C5CC5)CC4)cnc32)cc1. The molecule has 2 aromatic heterocycles. The minimum atomic E-state index is -1.04. The maximum Gasteiger partial charge on any atom is 0.264 e. The van der Waals surface area contributed by atoms with Gasteiger partial charge in [-0.25, -0.2) is 9.67 Å². The number of aromatic nitrogens is 4. The third-order valence-corrected chi connectivity index (χ3v) is 6.95. The van der Waals surface area contributed by atoms with E-state index in [1.54, 1.807) is 4.68 Å². The van der Waals surface area contributed by atoms with Crippen molar-refractivity contribution in [2.24, 2.45) is 5.92 Å². The van der Waals surface area contributed by atoms with Crippen LogP contribution in [0.5, 0.6) is 0 Å². The number of aliphatic hydroxyl groups is 1. The normalized spacial score (nSPS) is 17.6. The van der Waals surface area contributed by atoms with Crippen LogP contribution in [0.25, 0.3) is 16.7 Å². The number of ether oxygens (including phenoxy) is 1. The predicted molar refractivity (Wildman–Crippen MR) is 136 cm³/mol. The fourth-order valence-corrected chi connectivity index (χ4v) is 4.67. The molecule has 1 saturated carbocycles. The van der Waals surface area contributed by atoms with Gasteiger partial charge < -0.3 is 20.1 Å². The summed E-state index contributed by atoms with van der Waals surface area (Å²) < 4.78 is 8.65. The summed E-state index contributed by atoms with van der Waals surface area (Å²) in [5, 5.41) is 19.2. The summed E-state index contributed by atoms with van der Waals surface area (Å²) in [5.74, 6) is 0.382. The number of anilines is 1. The van der Waals surface area contributed by atoms with Gasteiger partial charge in [0.05, 0.1) is 36.7 Å². The quantitative estimate of drug-likeness (QED) is 0.438. The molecule has 10 nitrogen and oxygen atoms in total. The monoisotopic (exact) mass is 494 g/mol. The van der Waals surface area contributed by atoms with Crippen molar-refractivity contribution in [3.05, 3.63) is 47.1 Å². The maximum absolute atomic E-state index is 13.2. The van der Waals surface area contributed by atoms with E-state index >= 15 is 0 Å². The molecule has 5 rings (SSSR count). The van der Waals surface area contributed by atoms with Gasteiger partial charge in [-0.3, -0.25) is 14.2 Å². The van der Waals surface area contributed by atoms with E-state index in [9.17, 15) is 14.7 Å². The number of carbonyl (C=O) groups is 1. The summed E-state index contributed by atoms with van der Waals surface area (Å²) in [4.78, 5) is 31.8. The molecule has 192 valence electrons. The molecule has 2 fully saturated rings. The van der Waals surface area contributed by atoms with Gasteiger partial charge >= 0.3 is 0 Å². The van der Waals surface area contributed by atoms with Crippen molar-refractivity contribution in [3.63, 3.8) is 0 Å². The zero-order valence-corrected chi connectivity index (χ0v) is 20.9. The molecule has 0 atom stereocenters. The molecule has 2 aliphatic rings. The van der Waals surface area contributed by atoms with Crippen LogP contribution in [0.1, 0.15) is 39.5 Å². The lowest BCUT2D eigenvalue weighted by molar-refractivity contribution is -0.137. The Morgan fingerprint density at radius 2 is 1.94 bits per heavy atom. The second-order valence-corrected chi connectivity index (χ2v) is 10.2. The summed E-state index contributed by atoms with van der Waals surface area (Å²) in [5.41, 5.74) is 0.957. The van der Waals surface area contributed by atoms with E-state index in [0.29, 0.717) is 50.1 Å². The Hall–Kier alpha value is -3.24. The van der Waals surface area contributed by atoms with E-state index in [1.807, 2.05) is 43.0 Å². The Bertz CT molecular complexity index is 1270. The Kier molecular flexibility index (Phi) is 6.81. The standard InChI is InChI=1S/C26H34N6O4/c1-18(2)36-14-11-27-20-5-7-21(8-6-20)32-23-22(15-29-32)25(34)31(17-28-23)16-26(35)9-12-30(13-10-26)24(33)19-3-4-19/h5-8,15,17-19,27,35H,3-4,9-14,16H2,1-2H3. The molecule has 0 radical (unpaired) electrons. The molecule has 1 amide bonds. The largest absolute Gasteiger partial charge is 0.388 e. The number of hydrogen-bond donors (Lipinski definition) is 2. The minimum absolute atomic E-state index is 0.145. The number of piperidine rings is 1. The molecule has 0 bridgehead atoms. The number of likely N-dealkylation sites (tertiary alicyclic amines) is 1. The van der Waals surface area contributed by atoms with Crippen LogP contribution >= 0.6 is 0 Å². The van der Waals surface area contributed by atoms with E-state index < -0.39 is 5.60 Å². The summed E-state index contributed by atoms with van der Waals surface area (Å²) in [7, 11) is 0. The molecule has 1 saturated heterocycles. The van der Waals surface area contributed by atoms with Crippen LogP contribution in [0.4, 0.5) is 5.69 Å². The van der Waals surface area contributed by atoms with Gasteiger partial charge in [0.25, 0.3) is 5.56 Å². The first-order valence-electron chi connectivity index (χ1n) is 12.7. The summed E-state index contributed by atoms with van der Waals surface area (Å²) in [6, 6.07) is 7.75. The Morgan fingerprint density at radius 3 is 2.61 bits per heavy atom. The molecule has 3 aromatic rings. The molecule has 0 unspecified atom stereocenters. The van der Waals surface area contributed by atoms with Gasteiger partial charge in [0.15, 0.2) is 5.65 Å². The molecule has 0 spiro atoms. The fourth-order valence-electron chi connectivity index (χ4n) is 4.67. The number of carbonyl (C=O) groups excluding carboxylic acids is 1. The lowest BCUT2D eigenvalue weighted by Crippen LogP contribution is -2.50. The first kappa shape index (κ1) is 24.5. The van der Waals surface area contributed by atoms with Gasteiger partial charge in [-0.05, 0) is 63.8 Å². The van der Waals surface area contributed by atoms with Crippen LogP contribution in [0.2, 0.25) is 0 Å². The van der Waals surface area contributed by atoms with Crippen molar-refractivity contribution >= 4 is 22.6 Å². The molecule has 1 aliphatic carbocycles. The molecular weight excluding hydrogens is 460 g/mol. The number of nitrogens with one attached hydrogen (secondary N) is 1. The van der Waals surface area contributed by atoms with Crippen molar-refractivity contribution in [2.45, 2.75) is 57.8 Å². The Morgan fingerprint density at radius 1 is 1.22 bits per heavy atom. The molecule has 1 aliphatic heterocycles. The molecule has 36 heavy (non-hydrogen) atoms. The van der Waals surface area contributed by atoms with E-state index in [-0.39, 0.29) is 30.0 Å². The van der Waals surface area contributed by atoms with E-state index in [1.165, 1.54) is 17.1 Å². The lowest BCUT2D eigenvalue weighted by atomic mass is 9.91. The first-order valence-corrected chi connectivity index (χ1v) is 12.7. The number of nitrogens with zero attached hydrogens (tertiary/aromatic N) is 5. The van der Waals surface area contributed by atoms with Crippen molar-refractivity contribution in [1.29, 1.82) is 0 Å². The van der Waals surface area contributed by atoms with Gasteiger partial charge in [0, 0.05) is 31.2 Å². The minimum Gasteiger partial charge on any atom is -0.388 e. The van der Waals surface area contributed by atoms with Crippen molar-refractivity contribution in [2.75, 3.05) is 31.6 Å². The van der Waals surface area contributed by atoms with Crippen LogP contribution in [0.15, 0.2) is 41.6 Å². The van der Waals surface area contributed by atoms with Gasteiger partial charge in [-0.1, -0.05) is 0 Å². The number of fused-ring (bicyclic) bond motifs is 1. The summed E-state index contributed by atoms with van der Waals surface area (Å²) in [6.45, 7) is 6.54. The van der Waals surface area contributed by atoms with Gasteiger partial charge in [0.1, 0.15) is 11.7 Å². The van der Waals surface area contributed by atoms with Crippen molar-refractivity contribution in [1.82, 2.24) is 24.2 Å². The fraction of sp³-hybridized carbons (Fsp3) is 0.538. The predicted octanol–water partition coefficient (Wildman–Crippen LogP) is 2.18.